The summed E-state index contributed by atoms with van der Waals surface area (Å²) < 4.78 is 9.10. The van der Waals surface area contributed by atoms with Crippen molar-refractivity contribution in [3.05, 3.63) is 69.4 Å². The Morgan fingerprint density at radius 2 is 1.89 bits per heavy atom. The maximum atomic E-state index is 10.9. The molecule has 38 heavy (non-hydrogen) atoms. The van der Waals surface area contributed by atoms with Crippen molar-refractivity contribution in [2.24, 2.45) is 0 Å². The molecule has 8 nitrogen and oxygen atoms in total. The molecule has 2 aromatic rings. The molecule has 0 bridgehead atoms. The number of halogens is 2. The van der Waals surface area contributed by atoms with Crippen LogP contribution in [0.15, 0.2) is 30.3 Å². The maximum Gasteiger partial charge on any atom is 0.0142 e. The molecule has 3 rings (SSSR count). The first-order valence-electron chi connectivity index (χ1n) is 11.9. The molecule has 212 valence electrons. The average molecular weight is 673 g/mol. The fourth-order valence-corrected chi connectivity index (χ4v) is 6.44. The molecule has 0 amide bonds. The molecule has 12 heteroatoms. The van der Waals surface area contributed by atoms with Gasteiger partial charge in [0.25, 0.3) is 0 Å². The number of ether oxygens (including phenoxy) is 1. The van der Waals surface area contributed by atoms with Crippen LogP contribution < -0.4 is 9.80 Å². The number of nitrogens with zero attached hydrogens (tertiary/aromatic N) is 4. The van der Waals surface area contributed by atoms with E-state index < -0.39 is 18.4 Å². The van der Waals surface area contributed by atoms with Gasteiger partial charge >= 0.3 is 142 Å². The average Bonchev–Trinajstić information content (AvgIpc) is 3.26. The third kappa shape index (κ3) is 9.80. The molecule has 2 aromatic carbocycles. The predicted molar refractivity (Wildman–Crippen MR) is 159 cm³/mol. The van der Waals surface area contributed by atoms with E-state index in [9.17, 15) is 14.9 Å². The van der Waals surface area contributed by atoms with Crippen molar-refractivity contribution in [3.63, 3.8) is 0 Å². The van der Waals surface area contributed by atoms with Gasteiger partial charge in [-0.3, -0.25) is 0 Å². The summed E-state index contributed by atoms with van der Waals surface area (Å²) in [6.07, 6.45) is 1.98. The number of esters is 1. The topological polar surface area (TPSA) is 83.5 Å². The largest absolute Gasteiger partial charge is 0.506 e. The summed E-state index contributed by atoms with van der Waals surface area (Å²) in [6, 6.07) is 8.93. The van der Waals surface area contributed by atoms with E-state index in [4.69, 9.17) is 24.1 Å². The monoisotopic (exact) mass is 672 g/mol. The molecule has 0 radical (unpaired) electrons. The zero-order chi connectivity index (χ0) is 28.6. The van der Waals surface area contributed by atoms with Crippen molar-refractivity contribution in [1.29, 1.82) is 0 Å². The van der Waals surface area contributed by atoms with Crippen LogP contribution in [-0.2, 0) is 18.3 Å². The molecular formula is C26H36Cl2N4O4RuS. The first kappa shape index (κ1) is 32.5. The Kier molecular flexibility index (Phi) is 13.0. The molecule has 0 aromatic heterocycles. The number of non-ortho nitro benzene ring substituents is 1. The van der Waals surface area contributed by atoms with Gasteiger partial charge in [0.2, 0.25) is 0 Å². The summed E-state index contributed by atoms with van der Waals surface area (Å²) in [7, 11) is 13.5. The molecule has 1 fully saturated rings. The number of carbonyl (C=O) groups excluding carboxylic acids is 1. The Hall–Kier alpha value is -1.71. The number of benzene rings is 2. The van der Waals surface area contributed by atoms with E-state index in [1.165, 1.54) is 34.5 Å². The first-order chi connectivity index (χ1) is 17.8. The number of hydrogen-bond donors (Lipinski definition) is 0. The van der Waals surface area contributed by atoms with Gasteiger partial charge in [0, 0.05) is 12.2 Å². The quantitative estimate of drug-likeness (QED) is 0.0632. The van der Waals surface area contributed by atoms with E-state index in [1.54, 1.807) is 48.4 Å². The molecular weight excluding hydrogens is 636 g/mol. The van der Waals surface area contributed by atoms with Crippen LogP contribution in [0.5, 0.6) is 0 Å². The molecule has 1 aliphatic rings. The van der Waals surface area contributed by atoms with Crippen LogP contribution >= 0.6 is 31.3 Å². The number of anilines is 2. The second-order valence-corrected chi connectivity index (χ2v) is 15.7. The van der Waals surface area contributed by atoms with Crippen molar-refractivity contribution in [2.75, 3.05) is 42.7 Å². The fourth-order valence-electron chi connectivity index (χ4n) is 4.18. The Labute approximate surface area is 243 Å². The zero-order valence-electron chi connectivity index (χ0n) is 22.7. The van der Waals surface area contributed by atoms with Crippen molar-refractivity contribution in [1.82, 2.24) is 4.31 Å². The van der Waals surface area contributed by atoms with Crippen LogP contribution in [0.25, 0.3) is 0 Å². The van der Waals surface area contributed by atoms with Crippen LogP contribution in [0, 0.1) is 37.6 Å². The molecule has 0 saturated carbocycles. The van der Waals surface area contributed by atoms with Crippen molar-refractivity contribution in [2.45, 2.75) is 40.7 Å². The minimum atomic E-state index is -2.15. The summed E-state index contributed by atoms with van der Waals surface area (Å²) >= 11 is -0.368. The molecule has 0 atom stereocenters. The SMILES string of the molecule is CC(C)OC(=[OH+])CN(C)c1ccc([N+](=O)[O-])cc1[CH]=[Ru]([Cl])[Cl].CSN1[CH-]N(c2c(C)cc(C)cc2C)CC1. The minimum Gasteiger partial charge on any atom is -0.506 e. The number of hydrogen-bond acceptors (Lipinski definition) is 7. The third-order valence-electron chi connectivity index (χ3n) is 5.55. The van der Waals surface area contributed by atoms with Crippen LogP contribution in [0.2, 0.25) is 0 Å². The molecule has 1 saturated heterocycles. The molecule has 0 aliphatic carbocycles. The van der Waals surface area contributed by atoms with E-state index in [0.717, 1.165) is 13.1 Å². The fraction of sp³-hybridized carbons (Fsp3) is 0.423. The van der Waals surface area contributed by atoms with Crippen molar-refractivity contribution in [3.8, 4) is 0 Å². The van der Waals surface area contributed by atoms with E-state index >= 15 is 0 Å². The Morgan fingerprint density at radius 1 is 1.26 bits per heavy atom. The molecule has 0 unspecified atom stereocenters. The van der Waals surface area contributed by atoms with Gasteiger partial charge in [-0.25, -0.2) is 0 Å². The van der Waals surface area contributed by atoms with Crippen molar-refractivity contribution >= 4 is 59.0 Å². The number of aryl methyl sites for hydroxylation is 3. The van der Waals surface area contributed by atoms with E-state index in [2.05, 4.69) is 55.0 Å². The smallest absolute Gasteiger partial charge is 0.0142 e. The number of rotatable bonds is 8. The molecule has 1 heterocycles. The van der Waals surface area contributed by atoms with Gasteiger partial charge in [-0.1, -0.05) is 17.7 Å². The van der Waals surface area contributed by atoms with E-state index in [0.29, 0.717) is 11.3 Å². The summed E-state index contributed by atoms with van der Waals surface area (Å²) in [6.45, 7) is 14.7. The second-order valence-electron chi connectivity index (χ2n) is 9.10. The van der Waals surface area contributed by atoms with Gasteiger partial charge in [0.15, 0.2) is 0 Å². The standard InChI is InChI=1S/C13H16N2O4.C13H19N2S.2ClH.Ru/c1-9(2)19-13(16)8-14(4)12-6-5-11(15(17)18)7-10(12)3;1-10-7-11(2)13(12(3)8-10)14-5-6-15(9-14)16-4;;;/h3,5-7,9H,8H2,1-2,4H3;7-9H,5-6H2,1-4H3;2*1H;/q;-1;;;+2/p-1. The van der Waals surface area contributed by atoms with Crippen molar-refractivity contribution < 1.29 is 28.0 Å². The Balaban J connectivity index is 0.000000279. The van der Waals surface area contributed by atoms with Crippen LogP contribution in [0.1, 0.15) is 36.1 Å². The Bertz CT molecular complexity index is 1150. The maximum absolute atomic E-state index is 10.9. The summed E-state index contributed by atoms with van der Waals surface area (Å²) in [4.78, 5) is 24.2. The van der Waals surface area contributed by atoms with Crippen LogP contribution in [0.3, 0.4) is 0 Å². The minimum absolute atomic E-state index is 0.0428. The van der Waals surface area contributed by atoms with E-state index in [-0.39, 0.29) is 24.3 Å². The molecule has 0 spiro atoms. The predicted octanol–water partition coefficient (Wildman–Crippen LogP) is 6.17. The van der Waals surface area contributed by atoms with Gasteiger partial charge in [-0.15, -0.1) is 11.9 Å². The Morgan fingerprint density at radius 3 is 2.39 bits per heavy atom. The summed E-state index contributed by atoms with van der Waals surface area (Å²) in [5.41, 5.74) is 6.66. The summed E-state index contributed by atoms with van der Waals surface area (Å²) in [5.74, 6) is -0.132. The number of nitro benzene ring substituents is 1. The van der Waals surface area contributed by atoms with Crippen LogP contribution in [0.4, 0.5) is 17.1 Å². The molecule has 1 N–H and O–H groups in total. The third-order valence-corrected chi connectivity index (χ3v) is 8.13. The van der Waals surface area contributed by atoms with Gasteiger partial charge in [0.1, 0.15) is 0 Å². The van der Waals surface area contributed by atoms with E-state index in [1.807, 2.05) is 0 Å². The number of likely N-dealkylation sites (N-methyl/N-ethyl adjacent to an activating group) is 1. The van der Waals surface area contributed by atoms with Crippen LogP contribution in [-0.4, -0.2) is 63.6 Å². The van der Waals surface area contributed by atoms with Gasteiger partial charge in [-0.2, -0.15) is 6.67 Å². The summed E-state index contributed by atoms with van der Waals surface area (Å²) in [5, 5.41) is 10.9. The first-order valence-corrected chi connectivity index (χ1v) is 18.5. The second kappa shape index (κ2) is 15.2. The number of nitro groups is 1. The molecule has 1 aliphatic heterocycles. The van der Waals surface area contributed by atoms with Gasteiger partial charge in [0.05, 0.1) is 0 Å². The van der Waals surface area contributed by atoms with Gasteiger partial charge < -0.3 is 9.21 Å². The normalized spacial score (nSPS) is 13.6. The zero-order valence-corrected chi connectivity index (χ0v) is 26.8. The van der Waals surface area contributed by atoms with Gasteiger partial charge in [-0.05, 0) is 44.7 Å².